The first-order chi connectivity index (χ1) is 12.0. The van der Waals surface area contributed by atoms with E-state index in [9.17, 15) is 13.2 Å². The molecule has 2 fully saturated rings. The topological polar surface area (TPSA) is 88.2 Å². The zero-order chi connectivity index (χ0) is 17.4. The number of carbonyl (C=O) groups is 1. The van der Waals surface area contributed by atoms with Gasteiger partial charge in [-0.25, -0.2) is 13.4 Å². The van der Waals surface area contributed by atoms with E-state index in [1.165, 1.54) is 42.5 Å². The van der Waals surface area contributed by atoms with E-state index in [0.717, 1.165) is 12.8 Å². The molecule has 1 aromatic carbocycles. The molecule has 25 heavy (non-hydrogen) atoms. The number of nitrogens with zero attached hydrogens (tertiary/aromatic N) is 1. The van der Waals surface area contributed by atoms with Crippen LogP contribution in [-0.2, 0) is 14.8 Å². The molecule has 2 aliphatic rings. The maximum atomic E-state index is 12.4. The maximum Gasteiger partial charge on any atom is 0.263 e. The van der Waals surface area contributed by atoms with Crippen LogP contribution in [0, 0.1) is 17.8 Å². The van der Waals surface area contributed by atoms with Crippen LogP contribution in [0.3, 0.4) is 0 Å². The largest absolute Gasteiger partial charge is 0.326 e. The van der Waals surface area contributed by atoms with Gasteiger partial charge in [-0.05, 0) is 55.4 Å². The normalized spacial score (nSPS) is 25.0. The van der Waals surface area contributed by atoms with Crippen LogP contribution >= 0.6 is 11.3 Å². The molecule has 0 spiro atoms. The second-order valence-corrected chi connectivity index (χ2v) is 9.31. The van der Waals surface area contributed by atoms with Gasteiger partial charge in [0.05, 0.1) is 4.90 Å². The minimum atomic E-state index is -3.67. The van der Waals surface area contributed by atoms with E-state index in [1.807, 2.05) is 0 Å². The van der Waals surface area contributed by atoms with Crippen LogP contribution in [0.15, 0.2) is 40.7 Å². The standard InChI is InChI=1S/C17H19N3O3S2/c21-16(15-10-11-1-2-12(15)9-11)19-13-3-5-14(6-4-13)25(22,23)20-17-18-7-8-24-17/h3-8,11-12,15H,1-2,9-10H2,(H,18,20)(H,19,21)/t11-,12+,15+/m1/s1. The fourth-order valence-corrected chi connectivity index (χ4v) is 5.75. The number of aromatic nitrogens is 1. The van der Waals surface area contributed by atoms with Crippen molar-refractivity contribution in [1.82, 2.24) is 4.98 Å². The summed E-state index contributed by atoms with van der Waals surface area (Å²) in [7, 11) is -3.67. The van der Waals surface area contributed by atoms with Crippen LogP contribution in [-0.4, -0.2) is 19.3 Å². The molecule has 1 aromatic heterocycles. The third-order valence-corrected chi connectivity index (χ3v) is 7.33. The summed E-state index contributed by atoms with van der Waals surface area (Å²) in [6.07, 6.45) is 6.12. The molecule has 2 aliphatic carbocycles. The summed E-state index contributed by atoms with van der Waals surface area (Å²) in [6.45, 7) is 0. The lowest BCUT2D eigenvalue weighted by molar-refractivity contribution is -0.121. The molecule has 1 amide bonds. The molecule has 2 N–H and O–H groups in total. The number of rotatable bonds is 5. The van der Waals surface area contributed by atoms with Crippen molar-refractivity contribution in [3.8, 4) is 0 Å². The van der Waals surface area contributed by atoms with Gasteiger partial charge in [-0.1, -0.05) is 6.42 Å². The predicted octanol–water partition coefficient (Wildman–Crippen LogP) is 3.32. The van der Waals surface area contributed by atoms with E-state index in [1.54, 1.807) is 17.5 Å². The van der Waals surface area contributed by atoms with Gasteiger partial charge in [0.25, 0.3) is 10.0 Å². The molecule has 2 aromatic rings. The van der Waals surface area contributed by atoms with Crippen molar-refractivity contribution in [2.45, 2.75) is 30.6 Å². The van der Waals surface area contributed by atoms with Crippen LogP contribution in [0.5, 0.6) is 0 Å². The smallest absolute Gasteiger partial charge is 0.263 e. The van der Waals surface area contributed by atoms with Gasteiger partial charge < -0.3 is 5.32 Å². The fourth-order valence-electron chi connectivity index (χ4n) is 3.97. The Morgan fingerprint density at radius 1 is 1.16 bits per heavy atom. The third kappa shape index (κ3) is 3.41. The molecule has 0 unspecified atom stereocenters. The molecule has 2 bridgehead atoms. The highest BCUT2D eigenvalue weighted by molar-refractivity contribution is 7.93. The maximum absolute atomic E-state index is 12.4. The minimum Gasteiger partial charge on any atom is -0.326 e. The van der Waals surface area contributed by atoms with Crippen molar-refractivity contribution in [1.29, 1.82) is 0 Å². The van der Waals surface area contributed by atoms with Gasteiger partial charge in [-0.3, -0.25) is 9.52 Å². The molecule has 8 heteroatoms. The van der Waals surface area contributed by atoms with E-state index >= 15 is 0 Å². The fraction of sp³-hybridized carbons (Fsp3) is 0.412. The average molecular weight is 377 g/mol. The average Bonchev–Trinajstić information content (AvgIpc) is 3.32. The van der Waals surface area contributed by atoms with Crippen molar-refractivity contribution in [3.05, 3.63) is 35.8 Å². The van der Waals surface area contributed by atoms with E-state index < -0.39 is 10.0 Å². The summed E-state index contributed by atoms with van der Waals surface area (Å²) in [5.41, 5.74) is 0.626. The lowest BCUT2D eigenvalue weighted by atomic mass is 9.88. The first kappa shape index (κ1) is 16.5. The van der Waals surface area contributed by atoms with Gasteiger partial charge in [-0.15, -0.1) is 11.3 Å². The number of anilines is 2. The third-order valence-electron chi connectivity index (χ3n) is 5.16. The molecule has 0 saturated heterocycles. The van der Waals surface area contributed by atoms with E-state index in [0.29, 0.717) is 22.7 Å². The molecule has 0 radical (unpaired) electrons. The van der Waals surface area contributed by atoms with E-state index in [-0.39, 0.29) is 16.7 Å². The second kappa shape index (κ2) is 6.42. The van der Waals surface area contributed by atoms with Gasteiger partial charge >= 0.3 is 0 Å². The number of benzene rings is 1. The van der Waals surface area contributed by atoms with Gasteiger partial charge in [0, 0.05) is 23.2 Å². The Hall–Kier alpha value is -1.93. The Morgan fingerprint density at radius 3 is 2.56 bits per heavy atom. The van der Waals surface area contributed by atoms with Crippen LogP contribution in [0.25, 0.3) is 0 Å². The van der Waals surface area contributed by atoms with Crippen LogP contribution < -0.4 is 10.0 Å². The van der Waals surface area contributed by atoms with Crippen molar-refractivity contribution in [2.24, 2.45) is 17.8 Å². The van der Waals surface area contributed by atoms with Crippen LogP contribution in [0.1, 0.15) is 25.7 Å². The van der Waals surface area contributed by atoms with Gasteiger partial charge in [0.1, 0.15) is 0 Å². The Kier molecular flexibility index (Phi) is 4.24. The monoisotopic (exact) mass is 377 g/mol. The molecule has 132 valence electrons. The highest BCUT2D eigenvalue weighted by Crippen LogP contribution is 2.48. The molecular weight excluding hydrogens is 358 g/mol. The van der Waals surface area contributed by atoms with Crippen molar-refractivity contribution >= 4 is 38.1 Å². The molecule has 6 nitrogen and oxygen atoms in total. The Labute approximate surface area is 150 Å². The summed E-state index contributed by atoms with van der Waals surface area (Å²) >= 11 is 1.22. The number of carbonyl (C=O) groups excluding carboxylic acids is 1. The highest BCUT2D eigenvalue weighted by Gasteiger charge is 2.43. The van der Waals surface area contributed by atoms with Crippen molar-refractivity contribution in [2.75, 3.05) is 10.0 Å². The predicted molar refractivity (Wildman–Crippen MR) is 96.9 cm³/mol. The van der Waals surface area contributed by atoms with Gasteiger partial charge in [0.2, 0.25) is 5.91 Å². The first-order valence-corrected chi connectivity index (χ1v) is 10.7. The number of nitrogens with one attached hydrogen (secondary N) is 2. The minimum absolute atomic E-state index is 0.0590. The summed E-state index contributed by atoms with van der Waals surface area (Å²) in [5, 5.41) is 4.96. The Morgan fingerprint density at radius 2 is 1.96 bits per heavy atom. The molecule has 2 saturated carbocycles. The van der Waals surface area contributed by atoms with E-state index in [4.69, 9.17) is 0 Å². The van der Waals surface area contributed by atoms with Crippen LogP contribution in [0.4, 0.5) is 10.8 Å². The summed E-state index contributed by atoms with van der Waals surface area (Å²) in [4.78, 5) is 16.5. The molecule has 3 atom stereocenters. The summed E-state index contributed by atoms with van der Waals surface area (Å²) in [6, 6.07) is 6.24. The van der Waals surface area contributed by atoms with E-state index in [2.05, 4.69) is 15.0 Å². The molecule has 4 rings (SSSR count). The van der Waals surface area contributed by atoms with Crippen LogP contribution in [0.2, 0.25) is 0 Å². The van der Waals surface area contributed by atoms with Gasteiger partial charge in [0.15, 0.2) is 5.13 Å². The zero-order valence-electron chi connectivity index (χ0n) is 13.5. The number of hydrogen-bond donors (Lipinski definition) is 2. The second-order valence-electron chi connectivity index (χ2n) is 6.74. The number of thiazole rings is 1. The lowest BCUT2D eigenvalue weighted by Crippen LogP contribution is -2.27. The Balaban J connectivity index is 1.42. The highest BCUT2D eigenvalue weighted by atomic mass is 32.2. The van der Waals surface area contributed by atoms with Crippen molar-refractivity contribution in [3.63, 3.8) is 0 Å². The van der Waals surface area contributed by atoms with Gasteiger partial charge in [-0.2, -0.15) is 0 Å². The first-order valence-electron chi connectivity index (χ1n) is 8.34. The Bertz CT molecular complexity index is 863. The number of fused-ring (bicyclic) bond motifs is 2. The molecular formula is C17H19N3O3S2. The number of sulfonamides is 1. The quantitative estimate of drug-likeness (QED) is 0.837. The summed E-state index contributed by atoms with van der Waals surface area (Å²) < 4.78 is 27.0. The summed E-state index contributed by atoms with van der Waals surface area (Å²) in [5.74, 6) is 1.40. The lowest BCUT2D eigenvalue weighted by Gasteiger charge is -2.20. The molecule has 1 heterocycles. The molecule has 0 aliphatic heterocycles. The number of hydrogen-bond acceptors (Lipinski definition) is 5. The van der Waals surface area contributed by atoms with Crippen molar-refractivity contribution < 1.29 is 13.2 Å². The zero-order valence-corrected chi connectivity index (χ0v) is 15.1. The SMILES string of the molecule is O=C(Nc1ccc(S(=O)(=O)Nc2nccs2)cc1)[C@H]1C[C@@H]2CC[C@H]1C2. The number of amides is 1.